The first-order valence-corrected chi connectivity index (χ1v) is 10.8. The first-order chi connectivity index (χ1) is 14.7. The van der Waals surface area contributed by atoms with E-state index < -0.39 is 11.7 Å². The lowest BCUT2D eigenvalue weighted by atomic mass is 9.89. The normalized spacial score (nSPS) is 21.8. The Hall–Kier alpha value is -2.13. The van der Waals surface area contributed by atoms with Crippen LogP contribution in [-0.4, -0.2) is 66.5 Å². The van der Waals surface area contributed by atoms with E-state index in [0.29, 0.717) is 50.8 Å². The van der Waals surface area contributed by atoms with Gasteiger partial charge in [0.15, 0.2) is 0 Å². The summed E-state index contributed by atoms with van der Waals surface area (Å²) < 4.78 is 44.1. The molecule has 3 aliphatic rings. The van der Waals surface area contributed by atoms with Crippen molar-refractivity contribution in [3.05, 3.63) is 29.8 Å². The van der Waals surface area contributed by atoms with Crippen LogP contribution in [0.15, 0.2) is 24.3 Å². The third-order valence-electron chi connectivity index (χ3n) is 6.38. The van der Waals surface area contributed by atoms with E-state index in [9.17, 15) is 22.8 Å². The molecular formula is C22H28F3N3O3. The van der Waals surface area contributed by atoms with Crippen molar-refractivity contribution in [2.24, 2.45) is 5.92 Å². The van der Waals surface area contributed by atoms with Crippen molar-refractivity contribution < 1.29 is 27.5 Å². The number of hydrogen-bond donors (Lipinski definition) is 1. The summed E-state index contributed by atoms with van der Waals surface area (Å²) in [5, 5.41) is 2.66. The summed E-state index contributed by atoms with van der Waals surface area (Å²) in [4.78, 5) is 28.7. The Morgan fingerprint density at radius 2 is 1.77 bits per heavy atom. The van der Waals surface area contributed by atoms with Crippen molar-refractivity contribution in [2.75, 3.05) is 44.6 Å². The molecular weight excluding hydrogens is 411 g/mol. The number of piperidine rings is 1. The first kappa shape index (κ1) is 22.1. The van der Waals surface area contributed by atoms with E-state index in [-0.39, 0.29) is 24.0 Å². The number of nitrogens with zero attached hydrogens (tertiary/aromatic N) is 2. The number of ether oxygens (including phenoxy) is 1. The Labute approximate surface area is 179 Å². The van der Waals surface area contributed by atoms with Gasteiger partial charge in [0.25, 0.3) is 0 Å². The highest BCUT2D eigenvalue weighted by Gasteiger charge is 2.41. The molecule has 0 unspecified atom stereocenters. The smallest absolute Gasteiger partial charge is 0.372 e. The predicted octanol–water partition coefficient (Wildman–Crippen LogP) is 3.14. The number of nitrogens with one attached hydrogen (secondary N) is 1. The van der Waals surface area contributed by atoms with Crippen molar-refractivity contribution in [3.63, 3.8) is 0 Å². The SMILES string of the molecule is O=C(CN1CCOC2(CCN(C(=O)CC3CC3)CC2)C1)Nc1ccc(C(F)(F)F)cc1. The van der Waals surface area contributed by atoms with Crippen LogP contribution in [-0.2, 0) is 20.5 Å². The standard InChI is InChI=1S/C22H28F3N3O3/c23-22(24,25)17-3-5-18(6-4-17)26-19(29)14-27-11-12-31-21(15-27)7-9-28(10-8-21)20(30)13-16-1-2-16/h3-6,16H,1-2,7-15H2,(H,26,29). The average molecular weight is 439 g/mol. The number of anilines is 1. The summed E-state index contributed by atoms with van der Waals surface area (Å²) in [7, 11) is 0. The molecule has 1 N–H and O–H groups in total. The van der Waals surface area contributed by atoms with E-state index in [1.165, 1.54) is 12.1 Å². The number of benzene rings is 1. The Morgan fingerprint density at radius 3 is 2.39 bits per heavy atom. The minimum absolute atomic E-state index is 0.149. The van der Waals surface area contributed by atoms with Crippen LogP contribution in [0, 0.1) is 5.92 Å². The number of rotatable bonds is 5. The van der Waals surface area contributed by atoms with Gasteiger partial charge >= 0.3 is 6.18 Å². The fourth-order valence-electron chi connectivity index (χ4n) is 4.37. The number of alkyl halides is 3. The molecule has 0 atom stereocenters. The lowest BCUT2D eigenvalue weighted by molar-refractivity contribution is -0.151. The molecule has 1 aromatic carbocycles. The van der Waals surface area contributed by atoms with E-state index in [2.05, 4.69) is 5.32 Å². The van der Waals surface area contributed by atoms with Crippen LogP contribution in [0.4, 0.5) is 18.9 Å². The molecule has 31 heavy (non-hydrogen) atoms. The molecule has 1 saturated carbocycles. The number of carbonyl (C=O) groups is 2. The van der Waals surface area contributed by atoms with E-state index >= 15 is 0 Å². The van der Waals surface area contributed by atoms with Gasteiger partial charge in [-0.1, -0.05) is 0 Å². The quantitative estimate of drug-likeness (QED) is 0.766. The Kier molecular flexibility index (Phi) is 6.25. The number of amides is 2. The predicted molar refractivity (Wildman–Crippen MR) is 108 cm³/mol. The summed E-state index contributed by atoms with van der Waals surface area (Å²) in [6.07, 6.45) is 0.0833. The van der Waals surface area contributed by atoms with Gasteiger partial charge in [-0.25, -0.2) is 0 Å². The van der Waals surface area contributed by atoms with Crippen molar-refractivity contribution in [2.45, 2.75) is 43.9 Å². The van der Waals surface area contributed by atoms with Crippen LogP contribution in [0.1, 0.15) is 37.7 Å². The average Bonchev–Trinajstić information content (AvgIpc) is 3.52. The minimum Gasteiger partial charge on any atom is -0.372 e. The van der Waals surface area contributed by atoms with Crippen molar-refractivity contribution in [3.8, 4) is 0 Å². The molecule has 1 spiro atoms. The van der Waals surface area contributed by atoms with Crippen LogP contribution < -0.4 is 5.32 Å². The molecule has 3 fully saturated rings. The van der Waals surface area contributed by atoms with Crippen molar-refractivity contribution >= 4 is 17.5 Å². The van der Waals surface area contributed by atoms with Crippen LogP contribution in [0.2, 0.25) is 0 Å². The Bertz CT molecular complexity index is 800. The van der Waals surface area contributed by atoms with Gasteiger partial charge in [-0.3, -0.25) is 14.5 Å². The van der Waals surface area contributed by atoms with Gasteiger partial charge in [-0.05, 0) is 55.9 Å². The van der Waals surface area contributed by atoms with Gasteiger partial charge in [-0.2, -0.15) is 13.2 Å². The topological polar surface area (TPSA) is 61.9 Å². The second-order valence-electron chi connectivity index (χ2n) is 8.89. The summed E-state index contributed by atoms with van der Waals surface area (Å²) in [6, 6.07) is 4.43. The third kappa shape index (κ3) is 5.77. The molecule has 1 aliphatic carbocycles. The van der Waals surface area contributed by atoms with Gasteiger partial charge in [0.1, 0.15) is 0 Å². The lowest BCUT2D eigenvalue weighted by Gasteiger charge is -2.47. The lowest BCUT2D eigenvalue weighted by Crippen LogP contribution is -2.58. The van der Waals surface area contributed by atoms with Crippen molar-refractivity contribution in [1.29, 1.82) is 0 Å². The maximum atomic E-state index is 12.7. The fraction of sp³-hybridized carbons (Fsp3) is 0.636. The van der Waals surface area contributed by atoms with Crippen LogP contribution in [0.5, 0.6) is 0 Å². The van der Waals surface area contributed by atoms with E-state index in [4.69, 9.17) is 4.74 Å². The molecule has 0 bridgehead atoms. The van der Waals surface area contributed by atoms with E-state index in [1.54, 1.807) is 0 Å². The van der Waals surface area contributed by atoms with Gasteiger partial charge in [0.2, 0.25) is 11.8 Å². The molecule has 0 aromatic heterocycles. The molecule has 1 aromatic rings. The van der Waals surface area contributed by atoms with Crippen LogP contribution >= 0.6 is 0 Å². The highest BCUT2D eigenvalue weighted by molar-refractivity contribution is 5.92. The number of hydrogen-bond acceptors (Lipinski definition) is 4. The highest BCUT2D eigenvalue weighted by Crippen LogP contribution is 2.35. The molecule has 2 aliphatic heterocycles. The monoisotopic (exact) mass is 439 g/mol. The van der Waals surface area contributed by atoms with Gasteiger partial charge in [-0.15, -0.1) is 0 Å². The summed E-state index contributed by atoms with van der Waals surface area (Å²) >= 11 is 0. The summed E-state index contributed by atoms with van der Waals surface area (Å²) in [5.41, 5.74) is -0.755. The zero-order chi connectivity index (χ0) is 22.1. The van der Waals surface area contributed by atoms with Crippen LogP contribution in [0.3, 0.4) is 0 Å². The van der Waals surface area contributed by atoms with E-state index in [1.807, 2.05) is 9.80 Å². The van der Waals surface area contributed by atoms with E-state index in [0.717, 1.165) is 37.8 Å². The second-order valence-corrected chi connectivity index (χ2v) is 8.89. The second kappa shape index (κ2) is 8.78. The van der Waals surface area contributed by atoms with Gasteiger partial charge < -0.3 is 15.0 Å². The van der Waals surface area contributed by atoms with Crippen molar-refractivity contribution in [1.82, 2.24) is 9.80 Å². The maximum Gasteiger partial charge on any atom is 0.416 e. The zero-order valence-electron chi connectivity index (χ0n) is 17.4. The Balaban J connectivity index is 1.26. The molecule has 2 amide bonds. The van der Waals surface area contributed by atoms with Gasteiger partial charge in [0.05, 0.1) is 24.3 Å². The number of halogens is 3. The maximum absolute atomic E-state index is 12.7. The number of likely N-dealkylation sites (tertiary alicyclic amines) is 1. The summed E-state index contributed by atoms with van der Waals surface area (Å²) in [6.45, 7) is 3.25. The van der Waals surface area contributed by atoms with Gasteiger partial charge in [0, 0.05) is 38.3 Å². The molecule has 2 saturated heterocycles. The number of morpholine rings is 1. The molecule has 9 heteroatoms. The third-order valence-corrected chi connectivity index (χ3v) is 6.38. The molecule has 2 heterocycles. The minimum atomic E-state index is -4.40. The molecule has 4 rings (SSSR count). The highest BCUT2D eigenvalue weighted by atomic mass is 19.4. The van der Waals surface area contributed by atoms with Crippen LogP contribution in [0.25, 0.3) is 0 Å². The summed E-state index contributed by atoms with van der Waals surface area (Å²) in [5.74, 6) is 0.544. The zero-order valence-corrected chi connectivity index (χ0v) is 17.4. The molecule has 6 nitrogen and oxygen atoms in total. The Morgan fingerprint density at radius 1 is 1.10 bits per heavy atom. The number of carbonyl (C=O) groups excluding carboxylic acids is 2. The molecule has 0 radical (unpaired) electrons. The largest absolute Gasteiger partial charge is 0.416 e. The fourth-order valence-corrected chi connectivity index (χ4v) is 4.37. The first-order valence-electron chi connectivity index (χ1n) is 10.8. The molecule has 170 valence electrons.